The molecule has 3 N–H and O–H groups in total. The Morgan fingerprint density at radius 2 is 2.10 bits per heavy atom. The average Bonchev–Trinajstić information content (AvgIpc) is 2.99. The highest BCUT2D eigenvalue weighted by Gasteiger charge is 2.10. The predicted octanol–water partition coefficient (Wildman–Crippen LogP) is 1.06. The largest absolute Gasteiger partial charge is 0.396 e. The van der Waals surface area contributed by atoms with E-state index >= 15 is 0 Å². The molecule has 0 aliphatic carbocycles. The van der Waals surface area contributed by atoms with Gasteiger partial charge in [0, 0.05) is 31.6 Å². The summed E-state index contributed by atoms with van der Waals surface area (Å²) in [6.07, 6.45) is 6.70. The van der Waals surface area contributed by atoms with Crippen molar-refractivity contribution in [3.63, 3.8) is 0 Å². The molecule has 2 heterocycles. The molecule has 8 heteroatoms. The Kier molecular flexibility index (Phi) is 5.44. The van der Waals surface area contributed by atoms with Crippen molar-refractivity contribution in [1.29, 1.82) is 0 Å². The first-order chi connectivity index (χ1) is 10.2. The van der Waals surface area contributed by atoms with Crippen molar-refractivity contribution in [2.45, 2.75) is 32.7 Å². The molecular weight excluding hydrogens is 270 g/mol. The second-order valence-corrected chi connectivity index (χ2v) is 4.74. The van der Waals surface area contributed by atoms with E-state index in [0.29, 0.717) is 24.3 Å². The lowest BCUT2D eigenvalue weighted by Gasteiger charge is -2.14. The fourth-order valence-corrected chi connectivity index (χ4v) is 1.72. The van der Waals surface area contributed by atoms with Crippen LogP contribution in [0.25, 0.3) is 5.95 Å². The Bertz CT molecular complexity index is 543. The summed E-state index contributed by atoms with van der Waals surface area (Å²) >= 11 is 0. The van der Waals surface area contributed by atoms with Crippen LogP contribution in [0.2, 0.25) is 0 Å². The Balaban J connectivity index is 2.24. The van der Waals surface area contributed by atoms with Gasteiger partial charge in [0.25, 0.3) is 0 Å². The van der Waals surface area contributed by atoms with Crippen molar-refractivity contribution in [3.05, 3.63) is 18.7 Å². The van der Waals surface area contributed by atoms with Gasteiger partial charge in [-0.2, -0.15) is 15.0 Å². The Labute approximate surface area is 123 Å². The van der Waals surface area contributed by atoms with Gasteiger partial charge in [0.1, 0.15) is 6.33 Å². The molecule has 2 aromatic heterocycles. The van der Waals surface area contributed by atoms with Crippen LogP contribution in [0.5, 0.6) is 0 Å². The normalized spacial score (nSPS) is 12.1. The minimum Gasteiger partial charge on any atom is -0.396 e. The van der Waals surface area contributed by atoms with Gasteiger partial charge in [-0.3, -0.25) is 4.57 Å². The van der Waals surface area contributed by atoms with Crippen LogP contribution < -0.4 is 10.6 Å². The van der Waals surface area contributed by atoms with Crippen LogP contribution in [0, 0.1) is 0 Å². The molecule has 1 atom stereocenters. The lowest BCUT2D eigenvalue weighted by atomic mass is 10.2. The number of nitrogens with one attached hydrogen (secondary N) is 2. The van der Waals surface area contributed by atoms with Crippen LogP contribution in [-0.2, 0) is 0 Å². The molecule has 0 fully saturated rings. The first-order valence-electron chi connectivity index (χ1n) is 7.08. The minimum atomic E-state index is 0.0760. The third kappa shape index (κ3) is 4.38. The molecule has 0 aliphatic rings. The summed E-state index contributed by atoms with van der Waals surface area (Å²) in [6.45, 7) is 4.96. The van der Waals surface area contributed by atoms with Crippen molar-refractivity contribution < 1.29 is 5.11 Å². The summed E-state index contributed by atoms with van der Waals surface area (Å²) in [5, 5.41) is 15.3. The monoisotopic (exact) mass is 291 g/mol. The van der Waals surface area contributed by atoms with Gasteiger partial charge in [0.15, 0.2) is 0 Å². The summed E-state index contributed by atoms with van der Waals surface area (Å²) in [5.41, 5.74) is 0. The molecule has 1 unspecified atom stereocenters. The maximum absolute atomic E-state index is 8.97. The van der Waals surface area contributed by atoms with Crippen LogP contribution in [0.15, 0.2) is 18.7 Å². The highest BCUT2D eigenvalue weighted by molar-refractivity contribution is 5.38. The summed E-state index contributed by atoms with van der Waals surface area (Å²) in [4.78, 5) is 17.1. The van der Waals surface area contributed by atoms with E-state index in [4.69, 9.17) is 5.11 Å². The number of aromatic nitrogens is 5. The number of rotatable bonds is 8. The average molecular weight is 291 g/mol. The molecule has 0 spiro atoms. The number of nitrogens with zero attached hydrogens (tertiary/aromatic N) is 5. The lowest BCUT2D eigenvalue weighted by molar-refractivity contribution is 0.282. The van der Waals surface area contributed by atoms with Gasteiger partial charge in [0.05, 0.1) is 0 Å². The number of imidazole rings is 1. The fraction of sp³-hybridized carbons (Fsp3) is 0.538. The quantitative estimate of drug-likeness (QED) is 0.668. The van der Waals surface area contributed by atoms with E-state index in [1.807, 2.05) is 6.92 Å². The molecule has 21 heavy (non-hydrogen) atoms. The molecule has 2 aromatic rings. The molecule has 0 saturated carbocycles. The zero-order valence-electron chi connectivity index (χ0n) is 12.3. The van der Waals surface area contributed by atoms with Crippen molar-refractivity contribution in [3.8, 4) is 5.95 Å². The maximum Gasteiger partial charge on any atom is 0.241 e. The lowest BCUT2D eigenvalue weighted by Crippen LogP contribution is -2.20. The van der Waals surface area contributed by atoms with E-state index in [1.54, 1.807) is 23.3 Å². The van der Waals surface area contributed by atoms with Gasteiger partial charge in [0.2, 0.25) is 17.8 Å². The third-order valence-corrected chi connectivity index (χ3v) is 2.83. The van der Waals surface area contributed by atoms with Crippen molar-refractivity contribution >= 4 is 11.9 Å². The Hall–Kier alpha value is -2.22. The van der Waals surface area contributed by atoms with Crippen LogP contribution in [0.1, 0.15) is 26.7 Å². The highest BCUT2D eigenvalue weighted by atomic mass is 16.3. The van der Waals surface area contributed by atoms with Crippen molar-refractivity contribution in [1.82, 2.24) is 24.5 Å². The molecule has 8 nitrogen and oxygen atoms in total. The predicted molar refractivity (Wildman–Crippen MR) is 80.5 cm³/mol. The van der Waals surface area contributed by atoms with Gasteiger partial charge in [-0.05, 0) is 19.8 Å². The molecule has 0 aromatic carbocycles. The SMILES string of the molecule is CCCNc1nc(NC(C)CCO)nc(-n2ccnc2)n1. The molecule has 114 valence electrons. The molecule has 2 rings (SSSR count). The van der Waals surface area contributed by atoms with Gasteiger partial charge in [-0.1, -0.05) is 6.92 Å². The van der Waals surface area contributed by atoms with E-state index in [-0.39, 0.29) is 12.6 Å². The van der Waals surface area contributed by atoms with Crippen LogP contribution in [0.4, 0.5) is 11.9 Å². The number of anilines is 2. The second kappa shape index (κ2) is 7.53. The minimum absolute atomic E-state index is 0.0760. The standard InChI is InChI=1S/C13H21N7O/c1-3-5-15-11-17-12(16-10(2)4-8-21)19-13(18-11)20-7-6-14-9-20/h6-7,9-10,21H,3-5,8H2,1-2H3,(H2,15,16,17,18,19). The summed E-state index contributed by atoms with van der Waals surface area (Å²) in [5.74, 6) is 1.50. The highest BCUT2D eigenvalue weighted by Crippen LogP contribution is 2.11. The van der Waals surface area contributed by atoms with E-state index in [9.17, 15) is 0 Å². The summed E-state index contributed by atoms with van der Waals surface area (Å²) in [7, 11) is 0. The van der Waals surface area contributed by atoms with Crippen molar-refractivity contribution in [2.24, 2.45) is 0 Å². The fourth-order valence-electron chi connectivity index (χ4n) is 1.72. The van der Waals surface area contributed by atoms with Crippen LogP contribution in [0.3, 0.4) is 0 Å². The van der Waals surface area contributed by atoms with E-state index in [1.165, 1.54) is 0 Å². The zero-order valence-corrected chi connectivity index (χ0v) is 12.3. The number of hydrogen-bond acceptors (Lipinski definition) is 7. The van der Waals surface area contributed by atoms with E-state index in [2.05, 4.69) is 37.5 Å². The Morgan fingerprint density at radius 1 is 1.29 bits per heavy atom. The summed E-state index contributed by atoms with van der Waals surface area (Å²) in [6, 6.07) is 0.0760. The molecule has 0 amide bonds. The van der Waals surface area contributed by atoms with Crippen molar-refractivity contribution in [2.75, 3.05) is 23.8 Å². The van der Waals surface area contributed by atoms with Gasteiger partial charge >= 0.3 is 0 Å². The smallest absolute Gasteiger partial charge is 0.241 e. The van der Waals surface area contributed by atoms with Gasteiger partial charge in [-0.15, -0.1) is 0 Å². The first kappa shape index (κ1) is 15.2. The van der Waals surface area contributed by atoms with E-state index < -0.39 is 0 Å². The first-order valence-corrected chi connectivity index (χ1v) is 7.08. The maximum atomic E-state index is 8.97. The zero-order chi connectivity index (χ0) is 15.1. The topological polar surface area (TPSA) is 101 Å². The number of hydrogen-bond donors (Lipinski definition) is 3. The number of aliphatic hydroxyl groups excluding tert-OH is 1. The molecule has 0 saturated heterocycles. The van der Waals surface area contributed by atoms with Crippen LogP contribution >= 0.6 is 0 Å². The van der Waals surface area contributed by atoms with E-state index in [0.717, 1.165) is 13.0 Å². The Morgan fingerprint density at radius 3 is 2.76 bits per heavy atom. The number of aliphatic hydroxyl groups is 1. The van der Waals surface area contributed by atoms with Gasteiger partial charge in [-0.25, -0.2) is 4.98 Å². The van der Waals surface area contributed by atoms with Gasteiger partial charge < -0.3 is 15.7 Å². The molecule has 0 radical (unpaired) electrons. The molecular formula is C13H21N7O. The summed E-state index contributed by atoms with van der Waals surface area (Å²) < 4.78 is 1.72. The van der Waals surface area contributed by atoms with Crippen LogP contribution in [-0.4, -0.2) is 48.8 Å². The molecule has 0 aliphatic heterocycles. The third-order valence-electron chi connectivity index (χ3n) is 2.83. The molecule has 0 bridgehead atoms. The second-order valence-electron chi connectivity index (χ2n) is 4.74.